The van der Waals surface area contributed by atoms with Gasteiger partial charge in [0.25, 0.3) is 12.3 Å². The van der Waals surface area contributed by atoms with E-state index in [0.29, 0.717) is 11.3 Å². The zero-order valence-corrected chi connectivity index (χ0v) is 12.4. The molecule has 7 heteroatoms. The molecule has 1 aromatic carbocycles. The Bertz CT molecular complexity index is 640. The van der Waals surface area contributed by atoms with Gasteiger partial charge >= 0.3 is 0 Å². The number of anilines is 2. The van der Waals surface area contributed by atoms with E-state index in [2.05, 4.69) is 15.7 Å². The van der Waals surface area contributed by atoms with Crippen molar-refractivity contribution in [2.24, 2.45) is 0 Å². The van der Waals surface area contributed by atoms with Crippen LogP contribution in [0.5, 0.6) is 0 Å². The Morgan fingerprint density at radius 3 is 2.77 bits per heavy atom. The molecule has 0 radical (unpaired) electrons. The van der Waals surface area contributed by atoms with Crippen molar-refractivity contribution in [3.8, 4) is 0 Å². The third-order valence-electron chi connectivity index (χ3n) is 2.80. The molecule has 0 fully saturated rings. The van der Waals surface area contributed by atoms with Gasteiger partial charge in [-0.2, -0.15) is 5.10 Å². The second-order valence-corrected chi connectivity index (χ2v) is 5.18. The summed E-state index contributed by atoms with van der Waals surface area (Å²) in [5.74, 6) is -0.316. The van der Waals surface area contributed by atoms with Gasteiger partial charge < -0.3 is 10.6 Å². The quantitative estimate of drug-likeness (QED) is 0.861. The molecule has 5 nitrogen and oxygen atoms in total. The summed E-state index contributed by atoms with van der Waals surface area (Å²) in [5.41, 5.74) is 1.70. The molecule has 0 saturated carbocycles. The molecule has 22 heavy (non-hydrogen) atoms. The third-order valence-corrected chi connectivity index (χ3v) is 2.80. The number of halogens is 2. The molecule has 1 aromatic heterocycles. The topological polar surface area (TPSA) is 59.0 Å². The maximum absolute atomic E-state index is 12.3. The van der Waals surface area contributed by atoms with Gasteiger partial charge in [0.15, 0.2) is 0 Å². The van der Waals surface area contributed by atoms with Crippen LogP contribution < -0.4 is 10.6 Å². The molecule has 0 saturated heterocycles. The van der Waals surface area contributed by atoms with Gasteiger partial charge in [0.1, 0.15) is 6.54 Å². The van der Waals surface area contributed by atoms with Crippen molar-refractivity contribution in [1.82, 2.24) is 9.78 Å². The highest BCUT2D eigenvalue weighted by Gasteiger charge is 2.10. The summed E-state index contributed by atoms with van der Waals surface area (Å²) in [4.78, 5) is 12.2. The summed E-state index contributed by atoms with van der Waals surface area (Å²) in [6.45, 7) is 3.51. The van der Waals surface area contributed by atoms with Crippen LogP contribution in [-0.2, 0) is 6.54 Å². The first-order valence-electron chi connectivity index (χ1n) is 6.92. The number of nitrogens with zero attached hydrogens (tertiary/aromatic N) is 2. The standard InChI is InChI=1S/C15H18F2N4O/c1-10(2)19-12-5-3-4-11(6-12)15(22)20-13-7-18-21(8-13)9-14(16)17/h3-8,10,14,19H,9H2,1-2H3,(H,20,22). The van der Waals surface area contributed by atoms with Gasteiger partial charge in [0, 0.05) is 23.5 Å². The molecule has 0 aliphatic carbocycles. The molecule has 0 unspecified atom stereocenters. The van der Waals surface area contributed by atoms with Gasteiger partial charge in [-0.3, -0.25) is 9.48 Å². The number of benzene rings is 1. The van der Waals surface area contributed by atoms with Crippen molar-refractivity contribution in [2.45, 2.75) is 32.9 Å². The van der Waals surface area contributed by atoms with Crippen molar-refractivity contribution in [1.29, 1.82) is 0 Å². The van der Waals surface area contributed by atoms with Crippen LogP contribution in [0.2, 0.25) is 0 Å². The molecule has 0 aliphatic heterocycles. The molecule has 1 heterocycles. The minimum absolute atomic E-state index is 0.255. The van der Waals surface area contributed by atoms with E-state index >= 15 is 0 Å². The minimum atomic E-state index is -2.48. The van der Waals surface area contributed by atoms with Crippen LogP contribution >= 0.6 is 0 Å². The van der Waals surface area contributed by atoms with E-state index in [4.69, 9.17) is 0 Å². The molecule has 0 atom stereocenters. The van der Waals surface area contributed by atoms with Crippen LogP contribution in [-0.4, -0.2) is 28.2 Å². The van der Waals surface area contributed by atoms with Gasteiger partial charge in [0.05, 0.1) is 11.9 Å². The highest BCUT2D eigenvalue weighted by Crippen LogP contribution is 2.14. The molecule has 1 amide bonds. The summed E-state index contributed by atoms with van der Waals surface area (Å²) in [5, 5.41) is 9.62. The number of aromatic nitrogens is 2. The largest absolute Gasteiger partial charge is 0.383 e. The number of hydrogen-bond acceptors (Lipinski definition) is 3. The fourth-order valence-electron chi connectivity index (χ4n) is 1.96. The smallest absolute Gasteiger partial charge is 0.257 e. The lowest BCUT2D eigenvalue weighted by Gasteiger charge is -2.11. The zero-order chi connectivity index (χ0) is 16.1. The maximum atomic E-state index is 12.3. The predicted molar refractivity (Wildman–Crippen MR) is 81.4 cm³/mol. The second-order valence-electron chi connectivity index (χ2n) is 5.18. The number of rotatable bonds is 6. The van der Waals surface area contributed by atoms with E-state index in [-0.39, 0.29) is 11.9 Å². The first-order valence-corrected chi connectivity index (χ1v) is 6.92. The van der Waals surface area contributed by atoms with Gasteiger partial charge in [-0.05, 0) is 32.0 Å². The van der Waals surface area contributed by atoms with Crippen LogP contribution in [0.3, 0.4) is 0 Å². The van der Waals surface area contributed by atoms with Crippen LogP contribution in [0, 0.1) is 0 Å². The second kappa shape index (κ2) is 7.02. The number of nitrogens with one attached hydrogen (secondary N) is 2. The van der Waals surface area contributed by atoms with E-state index < -0.39 is 13.0 Å². The first kappa shape index (κ1) is 15.9. The number of amides is 1. The first-order chi connectivity index (χ1) is 10.4. The van der Waals surface area contributed by atoms with E-state index in [0.717, 1.165) is 10.4 Å². The normalized spacial score (nSPS) is 11.0. The van der Waals surface area contributed by atoms with Crippen LogP contribution in [0.15, 0.2) is 36.7 Å². The van der Waals surface area contributed by atoms with Crippen molar-refractivity contribution in [3.05, 3.63) is 42.2 Å². The van der Waals surface area contributed by atoms with Crippen molar-refractivity contribution < 1.29 is 13.6 Å². The zero-order valence-electron chi connectivity index (χ0n) is 12.4. The molecular formula is C15H18F2N4O. The Morgan fingerprint density at radius 2 is 2.09 bits per heavy atom. The maximum Gasteiger partial charge on any atom is 0.257 e. The van der Waals surface area contributed by atoms with E-state index in [1.165, 1.54) is 12.4 Å². The Morgan fingerprint density at radius 1 is 1.32 bits per heavy atom. The van der Waals surface area contributed by atoms with Crippen LogP contribution in [0.4, 0.5) is 20.2 Å². The molecule has 118 valence electrons. The Labute approximate surface area is 127 Å². The summed E-state index contributed by atoms with van der Waals surface area (Å²) >= 11 is 0. The van der Waals surface area contributed by atoms with Crippen molar-refractivity contribution in [2.75, 3.05) is 10.6 Å². The minimum Gasteiger partial charge on any atom is -0.383 e. The molecular weight excluding hydrogens is 290 g/mol. The van der Waals surface area contributed by atoms with E-state index in [9.17, 15) is 13.6 Å². The molecule has 2 N–H and O–H groups in total. The summed E-state index contributed by atoms with van der Waals surface area (Å²) in [6, 6.07) is 7.33. The molecule has 0 spiro atoms. The lowest BCUT2D eigenvalue weighted by Crippen LogP contribution is -2.13. The van der Waals surface area contributed by atoms with Crippen molar-refractivity contribution in [3.63, 3.8) is 0 Å². The summed E-state index contributed by atoms with van der Waals surface area (Å²) in [7, 11) is 0. The lowest BCUT2D eigenvalue weighted by molar-refractivity contribution is 0.102. The Balaban J connectivity index is 2.04. The monoisotopic (exact) mass is 308 g/mol. The number of alkyl halides is 2. The van der Waals surface area contributed by atoms with Gasteiger partial charge in [0.2, 0.25) is 0 Å². The lowest BCUT2D eigenvalue weighted by atomic mass is 10.1. The van der Waals surface area contributed by atoms with Gasteiger partial charge in [-0.25, -0.2) is 8.78 Å². The number of hydrogen-bond donors (Lipinski definition) is 2. The fourth-order valence-corrected chi connectivity index (χ4v) is 1.96. The third kappa shape index (κ3) is 4.54. The van der Waals surface area contributed by atoms with E-state index in [1.807, 2.05) is 19.9 Å². The van der Waals surface area contributed by atoms with Crippen LogP contribution in [0.25, 0.3) is 0 Å². The Kier molecular flexibility index (Phi) is 5.08. The average Bonchev–Trinajstić information content (AvgIpc) is 2.84. The van der Waals surface area contributed by atoms with Crippen LogP contribution in [0.1, 0.15) is 24.2 Å². The molecule has 2 rings (SSSR count). The average molecular weight is 308 g/mol. The number of carbonyl (C=O) groups is 1. The summed E-state index contributed by atoms with van der Waals surface area (Å²) < 4.78 is 25.6. The van der Waals surface area contributed by atoms with E-state index in [1.54, 1.807) is 18.2 Å². The summed E-state index contributed by atoms with van der Waals surface area (Å²) in [6.07, 6.45) is 0.235. The molecule has 2 aromatic rings. The highest BCUT2D eigenvalue weighted by atomic mass is 19.3. The van der Waals surface area contributed by atoms with Gasteiger partial charge in [-0.15, -0.1) is 0 Å². The Hall–Kier alpha value is -2.44. The highest BCUT2D eigenvalue weighted by molar-refractivity contribution is 6.04. The van der Waals surface area contributed by atoms with Crippen molar-refractivity contribution >= 4 is 17.3 Å². The predicted octanol–water partition coefficient (Wildman–Crippen LogP) is 3.22. The SMILES string of the molecule is CC(C)Nc1cccc(C(=O)Nc2cnn(CC(F)F)c2)c1. The number of carbonyl (C=O) groups excluding carboxylic acids is 1. The fraction of sp³-hybridized carbons (Fsp3) is 0.333. The van der Waals surface area contributed by atoms with Gasteiger partial charge in [-0.1, -0.05) is 6.07 Å². The molecule has 0 aliphatic rings. The molecule has 0 bridgehead atoms.